The first kappa shape index (κ1) is 17.7. The van der Waals surface area contributed by atoms with Crippen LogP contribution in [0.25, 0.3) is 0 Å². The van der Waals surface area contributed by atoms with Crippen LogP contribution in [0.1, 0.15) is 20.7 Å². The maximum absolute atomic E-state index is 12.1. The number of rotatable bonds is 4. The number of carbonyl (C=O) groups is 3. The van der Waals surface area contributed by atoms with Crippen LogP contribution in [0.4, 0.5) is 10.3 Å². The summed E-state index contributed by atoms with van der Waals surface area (Å²) in [6.45, 7) is -0.238. The van der Waals surface area contributed by atoms with Crippen molar-refractivity contribution in [2.24, 2.45) is 0 Å². The van der Waals surface area contributed by atoms with Crippen LogP contribution < -0.4 is 10.0 Å². The van der Waals surface area contributed by atoms with Gasteiger partial charge in [-0.05, 0) is 18.1 Å². The van der Waals surface area contributed by atoms with Crippen molar-refractivity contribution in [2.75, 3.05) is 16.6 Å². The SMILES string of the molecule is O=C(C#CCN1C(=O)c2ccccc2C1=O)Nc1nnc(NS(=O)[O-])s1. The van der Waals surface area contributed by atoms with E-state index in [1.165, 1.54) is 0 Å². The second kappa shape index (κ2) is 7.40. The van der Waals surface area contributed by atoms with Gasteiger partial charge in [-0.1, -0.05) is 29.4 Å². The molecule has 0 fully saturated rings. The van der Waals surface area contributed by atoms with Crippen LogP contribution in [0.5, 0.6) is 0 Å². The third-order valence-corrected chi connectivity index (χ3v) is 4.38. The highest BCUT2D eigenvalue weighted by Gasteiger charge is 2.34. The van der Waals surface area contributed by atoms with Gasteiger partial charge >= 0.3 is 5.91 Å². The Bertz CT molecular complexity index is 958. The van der Waals surface area contributed by atoms with Crippen LogP contribution in [0.3, 0.4) is 0 Å². The zero-order valence-corrected chi connectivity index (χ0v) is 14.3. The minimum absolute atomic E-state index is 0.0207. The topological polar surface area (TPSA) is 144 Å². The maximum Gasteiger partial charge on any atom is 0.302 e. The molecule has 1 unspecified atom stereocenters. The molecule has 1 aromatic carbocycles. The van der Waals surface area contributed by atoms with E-state index in [0.29, 0.717) is 11.1 Å². The summed E-state index contributed by atoms with van der Waals surface area (Å²) >= 11 is -1.75. The van der Waals surface area contributed by atoms with Gasteiger partial charge in [-0.15, -0.1) is 10.2 Å². The van der Waals surface area contributed by atoms with E-state index in [9.17, 15) is 23.1 Å². The number of hydrogen-bond donors (Lipinski definition) is 2. The average molecular weight is 390 g/mol. The minimum atomic E-state index is -2.55. The molecule has 0 radical (unpaired) electrons. The fourth-order valence-electron chi connectivity index (χ4n) is 2.10. The molecule has 0 saturated carbocycles. The third kappa shape index (κ3) is 3.75. The number of imide groups is 1. The van der Waals surface area contributed by atoms with E-state index in [1.54, 1.807) is 24.3 Å². The Balaban J connectivity index is 1.59. The van der Waals surface area contributed by atoms with Crippen molar-refractivity contribution in [3.05, 3.63) is 35.4 Å². The zero-order chi connectivity index (χ0) is 18.7. The standard InChI is InChI=1S/C14H9N5O5S2/c20-10(15-13-16-17-14(25-13)18-26(23)24)6-3-7-19-11(21)8-4-1-2-5-9(8)12(19)22/h1-2,4-5H,7H2,(H,17,18)(H,23,24)(H,15,16,20)/p-1. The van der Waals surface area contributed by atoms with Gasteiger partial charge in [0.15, 0.2) is 0 Å². The fourth-order valence-corrected chi connectivity index (χ4v) is 3.14. The first-order chi connectivity index (χ1) is 12.5. The molecular weight excluding hydrogens is 382 g/mol. The predicted octanol–water partition coefficient (Wildman–Crippen LogP) is -0.0178. The van der Waals surface area contributed by atoms with Gasteiger partial charge in [-0.2, -0.15) is 0 Å². The fraction of sp³-hybridized carbons (Fsp3) is 0.0714. The predicted molar refractivity (Wildman–Crippen MR) is 90.7 cm³/mol. The van der Waals surface area contributed by atoms with Crippen LogP contribution in [0.15, 0.2) is 24.3 Å². The summed E-state index contributed by atoms with van der Waals surface area (Å²) < 4.78 is 22.9. The summed E-state index contributed by atoms with van der Waals surface area (Å²) in [6.07, 6.45) is 0. The smallest absolute Gasteiger partial charge is 0.302 e. The second-order valence-corrected chi connectivity index (χ2v) is 6.40. The molecule has 1 aliphatic heterocycles. The van der Waals surface area contributed by atoms with E-state index in [1.807, 2.05) is 4.72 Å². The number of carbonyl (C=O) groups excluding carboxylic acids is 3. The number of aromatic nitrogens is 2. The molecule has 0 saturated heterocycles. The monoisotopic (exact) mass is 390 g/mol. The van der Waals surface area contributed by atoms with Crippen molar-refractivity contribution in [2.45, 2.75) is 0 Å². The number of nitrogens with one attached hydrogen (secondary N) is 2. The van der Waals surface area contributed by atoms with Gasteiger partial charge in [-0.25, -0.2) is 0 Å². The molecule has 1 atom stereocenters. The van der Waals surface area contributed by atoms with E-state index in [2.05, 4.69) is 27.4 Å². The Labute approximate surface area is 153 Å². The largest absolute Gasteiger partial charge is 0.755 e. The molecule has 2 heterocycles. The Morgan fingerprint density at radius 2 is 1.81 bits per heavy atom. The highest BCUT2D eigenvalue weighted by atomic mass is 32.2. The maximum atomic E-state index is 12.1. The zero-order valence-electron chi connectivity index (χ0n) is 12.7. The number of fused-ring (bicyclic) bond motifs is 1. The second-order valence-electron chi connectivity index (χ2n) is 4.75. The van der Waals surface area contributed by atoms with E-state index >= 15 is 0 Å². The molecule has 1 aliphatic rings. The van der Waals surface area contributed by atoms with Gasteiger partial charge in [0.05, 0.1) is 17.7 Å². The molecule has 1 aromatic heterocycles. The third-order valence-electron chi connectivity index (χ3n) is 3.13. The molecule has 2 aromatic rings. The van der Waals surface area contributed by atoms with Crippen molar-refractivity contribution in [1.82, 2.24) is 15.1 Å². The molecule has 2 N–H and O–H groups in total. The van der Waals surface area contributed by atoms with E-state index in [-0.39, 0.29) is 16.8 Å². The van der Waals surface area contributed by atoms with Crippen LogP contribution in [0.2, 0.25) is 0 Å². The number of anilines is 2. The normalized spacial score (nSPS) is 13.7. The number of nitrogens with zero attached hydrogens (tertiary/aromatic N) is 3. The Kier molecular flexibility index (Phi) is 5.03. The van der Waals surface area contributed by atoms with Crippen molar-refractivity contribution in [3.8, 4) is 11.8 Å². The number of benzene rings is 1. The summed E-state index contributed by atoms with van der Waals surface area (Å²) in [5.74, 6) is 3.00. The van der Waals surface area contributed by atoms with Crippen molar-refractivity contribution in [3.63, 3.8) is 0 Å². The Hall–Kier alpha value is -3.14. The lowest BCUT2D eigenvalue weighted by atomic mass is 10.1. The van der Waals surface area contributed by atoms with E-state index in [0.717, 1.165) is 16.2 Å². The summed E-state index contributed by atoms with van der Waals surface area (Å²) in [7, 11) is 0. The summed E-state index contributed by atoms with van der Waals surface area (Å²) in [5.41, 5.74) is 0.599. The number of hydrogen-bond acceptors (Lipinski definition) is 8. The highest BCUT2D eigenvalue weighted by Crippen LogP contribution is 2.22. The van der Waals surface area contributed by atoms with Gasteiger partial charge in [-0.3, -0.25) is 33.5 Å². The Morgan fingerprint density at radius 1 is 1.19 bits per heavy atom. The molecule has 3 amide bonds. The summed E-state index contributed by atoms with van der Waals surface area (Å²) in [4.78, 5) is 36.9. The lowest BCUT2D eigenvalue weighted by Crippen LogP contribution is -2.30. The number of amides is 3. The van der Waals surface area contributed by atoms with Gasteiger partial charge < -0.3 is 4.55 Å². The van der Waals surface area contributed by atoms with Crippen molar-refractivity contribution < 1.29 is 23.1 Å². The lowest BCUT2D eigenvalue weighted by Gasteiger charge is -2.08. The van der Waals surface area contributed by atoms with Gasteiger partial charge in [0.2, 0.25) is 10.3 Å². The van der Waals surface area contributed by atoms with Crippen LogP contribution >= 0.6 is 11.3 Å². The van der Waals surface area contributed by atoms with Crippen molar-refractivity contribution in [1.29, 1.82) is 0 Å². The van der Waals surface area contributed by atoms with Gasteiger partial charge in [0.25, 0.3) is 11.8 Å². The molecule has 3 rings (SSSR count). The molecule has 0 aliphatic carbocycles. The molecule has 26 heavy (non-hydrogen) atoms. The summed E-state index contributed by atoms with van der Waals surface area (Å²) in [5, 5.41) is 9.38. The Morgan fingerprint density at radius 3 is 2.42 bits per heavy atom. The molecule has 0 bridgehead atoms. The van der Waals surface area contributed by atoms with Crippen LogP contribution in [-0.2, 0) is 16.1 Å². The van der Waals surface area contributed by atoms with E-state index in [4.69, 9.17) is 0 Å². The quantitative estimate of drug-likeness (QED) is 0.424. The first-order valence-corrected chi connectivity index (χ1v) is 8.79. The molecular formula is C14H8N5O5S2-. The summed E-state index contributed by atoms with van der Waals surface area (Å²) in [6, 6.07) is 6.40. The molecule has 10 nitrogen and oxygen atoms in total. The van der Waals surface area contributed by atoms with Crippen LogP contribution in [0, 0.1) is 11.8 Å². The molecule has 0 spiro atoms. The minimum Gasteiger partial charge on any atom is -0.755 e. The highest BCUT2D eigenvalue weighted by molar-refractivity contribution is 7.80. The average Bonchev–Trinajstić information content (AvgIpc) is 3.12. The van der Waals surface area contributed by atoms with Gasteiger partial charge in [0.1, 0.15) is 0 Å². The van der Waals surface area contributed by atoms with E-state index < -0.39 is 29.0 Å². The molecule has 132 valence electrons. The van der Waals surface area contributed by atoms with Crippen LogP contribution in [-0.4, -0.2) is 48.1 Å². The van der Waals surface area contributed by atoms with Crippen molar-refractivity contribution >= 4 is 50.6 Å². The van der Waals surface area contributed by atoms with Gasteiger partial charge in [0, 0.05) is 11.3 Å². The first-order valence-electron chi connectivity index (χ1n) is 6.90. The molecule has 12 heteroatoms. The lowest BCUT2D eigenvalue weighted by molar-refractivity contribution is -0.111.